The first-order valence-electron chi connectivity index (χ1n) is 4.98. The van der Waals surface area contributed by atoms with Gasteiger partial charge in [0.2, 0.25) is 0 Å². The molecule has 0 amide bonds. The molecule has 1 rings (SSSR count). The fraction of sp³-hybridized carbons (Fsp3) is 0.400. The molecule has 1 aromatic rings. The van der Waals surface area contributed by atoms with Crippen LogP contribution in [0.4, 0.5) is 4.39 Å². The van der Waals surface area contributed by atoms with E-state index in [4.69, 9.17) is 5.53 Å². The number of benzene rings is 1. The summed E-state index contributed by atoms with van der Waals surface area (Å²) in [5, 5.41) is 12.9. The molecular weight excluding hydrogens is 261 g/mol. The molecule has 0 aliphatic rings. The summed E-state index contributed by atoms with van der Waals surface area (Å²) in [6, 6.07) is 4.10. The smallest absolute Gasteiger partial charge is 0.175 e. The second-order valence-electron chi connectivity index (χ2n) is 3.71. The largest absolute Gasteiger partial charge is 0.388 e. The number of sulfone groups is 1. The van der Waals surface area contributed by atoms with Crippen LogP contribution < -0.4 is 0 Å². The van der Waals surface area contributed by atoms with E-state index in [0.717, 1.165) is 6.26 Å². The highest BCUT2D eigenvalue weighted by Crippen LogP contribution is 2.21. The van der Waals surface area contributed by atoms with Gasteiger partial charge in [0.25, 0.3) is 0 Å². The predicted octanol–water partition coefficient (Wildman–Crippen LogP) is 1.77. The van der Waals surface area contributed by atoms with E-state index in [1.165, 1.54) is 24.3 Å². The molecule has 0 bridgehead atoms. The maximum Gasteiger partial charge on any atom is 0.175 e. The summed E-state index contributed by atoms with van der Waals surface area (Å²) in [4.78, 5) is 2.54. The van der Waals surface area contributed by atoms with Crippen LogP contribution >= 0.6 is 0 Å². The molecule has 8 heteroatoms. The molecule has 0 saturated heterocycles. The summed E-state index contributed by atoms with van der Waals surface area (Å²) in [5.41, 5.74) is 8.50. The van der Waals surface area contributed by atoms with Gasteiger partial charge in [-0.3, -0.25) is 4.39 Å². The van der Waals surface area contributed by atoms with E-state index in [0.29, 0.717) is 0 Å². The van der Waals surface area contributed by atoms with Crippen LogP contribution in [0, 0.1) is 0 Å². The van der Waals surface area contributed by atoms with E-state index in [1.54, 1.807) is 0 Å². The summed E-state index contributed by atoms with van der Waals surface area (Å²) >= 11 is 0. The number of aliphatic hydroxyl groups excluding tert-OH is 1. The number of azide groups is 1. The van der Waals surface area contributed by atoms with Crippen LogP contribution in [0.25, 0.3) is 10.4 Å². The Morgan fingerprint density at radius 1 is 1.44 bits per heavy atom. The summed E-state index contributed by atoms with van der Waals surface area (Å²) in [5.74, 6) is 0. The summed E-state index contributed by atoms with van der Waals surface area (Å²) < 4.78 is 35.0. The number of nitrogens with zero attached hydrogens (tertiary/aromatic N) is 3. The van der Waals surface area contributed by atoms with E-state index >= 15 is 0 Å². The van der Waals surface area contributed by atoms with Crippen molar-refractivity contribution in [1.82, 2.24) is 0 Å². The quantitative estimate of drug-likeness (QED) is 0.502. The van der Waals surface area contributed by atoms with Crippen molar-refractivity contribution in [2.75, 3.05) is 12.9 Å². The minimum atomic E-state index is -3.32. The van der Waals surface area contributed by atoms with E-state index in [1.807, 2.05) is 0 Å². The third-order valence-electron chi connectivity index (χ3n) is 2.37. The summed E-state index contributed by atoms with van der Waals surface area (Å²) in [6.07, 6.45) is -0.248. The van der Waals surface area contributed by atoms with Crippen molar-refractivity contribution in [3.8, 4) is 0 Å². The maximum absolute atomic E-state index is 12.5. The topological polar surface area (TPSA) is 103 Å². The number of halogens is 1. The van der Waals surface area contributed by atoms with Crippen LogP contribution in [0.15, 0.2) is 34.3 Å². The summed E-state index contributed by atoms with van der Waals surface area (Å²) in [7, 11) is -3.32. The molecule has 1 aromatic carbocycles. The van der Waals surface area contributed by atoms with Crippen molar-refractivity contribution in [3.05, 3.63) is 40.3 Å². The highest BCUT2D eigenvalue weighted by Gasteiger charge is 2.20. The lowest BCUT2D eigenvalue weighted by molar-refractivity contribution is 0.132. The van der Waals surface area contributed by atoms with Gasteiger partial charge in [0.1, 0.15) is 6.67 Å². The SMILES string of the molecule is CS(=O)(=O)c1ccc([C@H](O)[C@@H](CF)N=[N+]=[N-])cc1. The van der Waals surface area contributed by atoms with E-state index in [-0.39, 0.29) is 10.5 Å². The first-order valence-corrected chi connectivity index (χ1v) is 6.87. The molecule has 0 saturated carbocycles. The third kappa shape index (κ3) is 3.43. The Balaban J connectivity index is 3.01. The number of aliphatic hydroxyl groups is 1. The van der Waals surface area contributed by atoms with Crippen molar-refractivity contribution in [2.24, 2.45) is 5.11 Å². The highest BCUT2D eigenvalue weighted by molar-refractivity contribution is 7.90. The van der Waals surface area contributed by atoms with E-state index in [9.17, 15) is 17.9 Å². The normalized spacial score (nSPS) is 14.6. The predicted molar refractivity (Wildman–Crippen MR) is 63.4 cm³/mol. The fourth-order valence-electron chi connectivity index (χ4n) is 1.38. The average Bonchev–Trinajstić information content (AvgIpc) is 2.34. The number of hydrogen-bond donors (Lipinski definition) is 1. The minimum absolute atomic E-state index is 0.0963. The van der Waals surface area contributed by atoms with Crippen molar-refractivity contribution >= 4 is 9.84 Å². The molecule has 0 radical (unpaired) electrons. The highest BCUT2D eigenvalue weighted by atomic mass is 32.2. The Labute approximate surface area is 104 Å². The summed E-state index contributed by atoms with van der Waals surface area (Å²) in [6.45, 7) is -1.00. The zero-order valence-corrected chi connectivity index (χ0v) is 10.4. The Morgan fingerprint density at radius 3 is 2.39 bits per heavy atom. The van der Waals surface area contributed by atoms with Crippen LogP contribution in [-0.2, 0) is 9.84 Å². The fourth-order valence-corrected chi connectivity index (χ4v) is 2.01. The van der Waals surface area contributed by atoms with Crippen LogP contribution in [0.3, 0.4) is 0 Å². The molecule has 0 spiro atoms. The first-order chi connectivity index (χ1) is 8.40. The van der Waals surface area contributed by atoms with Gasteiger partial charge in [0.05, 0.1) is 17.0 Å². The molecule has 1 N–H and O–H groups in total. The van der Waals surface area contributed by atoms with E-state index in [2.05, 4.69) is 10.0 Å². The van der Waals surface area contributed by atoms with Crippen molar-refractivity contribution in [1.29, 1.82) is 0 Å². The molecule has 6 nitrogen and oxygen atoms in total. The Kier molecular flexibility index (Phi) is 4.66. The van der Waals surface area contributed by atoms with Gasteiger partial charge in [0, 0.05) is 11.2 Å². The molecule has 98 valence electrons. The molecule has 0 unspecified atom stereocenters. The van der Waals surface area contributed by atoms with Gasteiger partial charge in [-0.05, 0) is 23.2 Å². The second kappa shape index (κ2) is 5.81. The molecule has 0 fully saturated rings. The van der Waals surface area contributed by atoms with Gasteiger partial charge in [0.15, 0.2) is 9.84 Å². The van der Waals surface area contributed by atoms with Gasteiger partial charge < -0.3 is 5.11 Å². The number of alkyl halides is 1. The Bertz CT molecular complexity index is 552. The van der Waals surface area contributed by atoms with Gasteiger partial charge in [-0.15, -0.1) is 0 Å². The standard InChI is InChI=1S/C10H12FN3O3S/c1-18(16,17)8-4-2-7(3-5-8)10(15)9(6-11)13-14-12/h2-5,9-10,15H,6H2,1H3/t9-,10+/m1/s1. The molecule has 2 atom stereocenters. The molecule has 0 aliphatic carbocycles. The van der Waals surface area contributed by atoms with Crippen molar-refractivity contribution in [2.45, 2.75) is 17.0 Å². The maximum atomic E-state index is 12.5. The Hall–Kier alpha value is -1.63. The molecule has 0 aromatic heterocycles. The average molecular weight is 273 g/mol. The molecule has 0 aliphatic heterocycles. The minimum Gasteiger partial charge on any atom is -0.388 e. The lowest BCUT2D eigenvalue weighted by Gasteiger charge is -2.15. The monoisotopic (exact) mass is 273 g/mol. The molecular formula is C10H12FN3O3S. The zero-order chi connectivity index (χ0) is 13.8. The number of hydrogen-bond acceptors (Lipinski definition) is 4. The molecule has 0 heterocycles. The first kappa shape index (κ1) is 14.4. The van der Waals surface area contributed by atoms with Crippen molar-refractivity contribution < 1.29 is 17.9 Å². The number of rotatable bonds is 5. The van der Waals surface area contributed by atoms with Crippen LogP contribution in [0.5, 0.6) is 0 Å². The van der Waals surface area contributed by atoms with Gasteiger partial charge in [-0.1, -0.05) is 17.2 Å². The lowest BCUT2D eigenvalue weighted by Crippen LogP contribution is -2.18. The van der Waals surface area contributed by atoms with Crippen LogP contribution in [-0.4, -0.2) is 32.5 Å². The van der Waals surface area contributed by atoms with Gasteiger partial charge >= 0.3 is 0 Å². The van der Waals surface area contributed by atoms with Crippen LogP contribution in [0.2, 0.25) is 0 Å². The van der Waals surface area contributed by atoms with Gasteiger partial charge in [-0.25, -0.2) is 8.42 Å². The van der Waals surface area contributed by atoms with Crippen LogP contribution in [0.1, 0.15) is 11.7 Å². The Morgan fingerprint density at radius 2 is 2.00 bits per heavy atom. The van der Waals surface area contributed by atoms with Gasteiger partial charge in [-0.2, -0.15) is 0 Å². The molecule has 18 heavy (non-hydrogen) atoms. The van der Waals surface area contributed by atoms with E-state index < -0.39 is 28.7 Å². The van der Waals surface area contributed by atoms with Crippen molar-refractivity contribution in [3.63, 3.8) is 0 Å². The second-order valence-corrected chi connectivity index (χ2v) is 5.73. The zero-order valence-electron chi connectivity index (χ0n) is 9.56. The lowest BCUT2D eigenvalue weighted by atomic mass is 10.0. The third-order valence-corrected chi connectivity index (χ3v) is 3.50.